The number of rotatable bonds is 2. The second-order valence-corrected chi connectivity index (χ2v) is 3.85. The molecule has 0 aliphatic heterocycles. The van der Waals surface area contributed by atoms with Crippen molar-refractivity contribution in [2.24, 2.45) is 0 Å². The fraction of sp³-hybridized carbons (Fsp3) is 0.143. The van der Waals surface area contributed by atoms with Crippen molar-refractivity contribution < 1.29 is 26.1 Å². The summed E-state index contributed by atoms with van der Waals surface area (Å²) in [6, 6.07) is 1.35. The quantitative estimate of drug-likeness (QED) is 0.780. The Bertz CT molecular complexity index is 455. The highest BCUT2D eigenvalue weighted by Crippen LogP contribution is 2.20. The van der Waals surface area contributed by atoms with E-state index in [0.29, 0.717) is 6.07 Å². The Morgan fingerprint density at radius 2 is 1.79 bits per heavy atom. The van der Waals surface area contributed by atoms with Gasteiger partial charge in [0.25, 0.3) is 10.1 Å². The molecule has 1 N–H and O–H groups in total. The predicted octanol–water partition coefficient (Wildman–Crippen LogP) is 1.68. The fourth-order valence-corrected chi connectivity index (χ4v) is 1.43. The van der Waals surface area contributed by atoms with Gasteiger partial charge in [-0.1, -0.05) is 6.07 Å². The van der Waals surface area contributed by atoms with Crippen molar-refractivity contribution in [2.45, 2.75) is 11.6 Å². The van der Waals surface area contributed by atoms with Gasteiger partial charge in [0, 0.05) is 5.56 Å². The first kappa shape index (κ1) is 11.0. The Labute approximate surface area is 77.9 Å². The maximum absolute atomic E-state index is 12.9. The zero-order valence-electron chi connectivity index (χ0n) is 6.67. The molecule has 1 rings (SSSR count). The van der Waals surface area contributed by atoms with Crippen molar-refractivity contribution in [1.29, 1.82) is 0 Å². The summed E-state index contributed by atoms with van der Waals surface area (Å²) in [6.45, 7) is -1.26. The highest BCUT2D eigenvalue weighted by Gasteiger charge is 2.21. The van der Waals surface area contributed by atoms with Gasteiger partial charge in [0.05, 0.1) is 0 Å². The van der Waals surface area contributed by atoms with Crippen molar-refractivity contribution in [3.63, 3.8) is 0 Å². The molecule has 0 bridgehead atoms. The molecule has 0 heterocycles. The monoisotopic (exact) mass is 226 g/mol. The molecule has 0 aromatic heterocycles. The van der Waals surface area contributed by atoms with Crippen molar-refractivity contribution in [3.05, 3.63) is 29.3 Å². The highest BCUT2D eigenvalue weighted by atomic mass is 32.2. The van der Waals surface area contributed by atoms with Gasteiger partial charge in [-0.25, -0.2) is 13.2 Å². The Morgan fingerprint density at radius 1 is 1.21 bits per heavy atom. The van der Waals surface area contributed by atoms with Crippen molar-refractivity contribution in [1.82, 2.24) is 0 Å². The average molecular weight is 226 g/mol. The molecule has 7 heteroatoms. The topological polar surface area (TPSA) is 54.4 Å². The molecule has 14 heavy (non-hydrogen) atoms. The molecule has 0 fully saturated rings. The zero-order valence-corrected chi connectivity index (χ0v) is 7.48. The van der Waals surface area contributed by atoms with Gasteiger partial charge in [-0.15, -0.1) is 0 Å². The van der Waals surface area contributed by atoms with Gasteiger partial charge in [-0.05, 0) is 6.07 Å². The molecule has 0 saturated carbocycles. The third-order valence-corrected chi connectivity index (χ3v) is 2.42. The lowest BCUT2D eigenvalue weighted by atomic mass is 10.2. The Morgan fingerprint density at radius 3 is 2.21 bits per heavy atom. The largest absolute Gasteiger partial charge is 0.297 e. The zero-order chi connectivity index (χ0) is 10.9. The second kappa shape index (κ2) is 3.58. The maximum Gasteiger partial charge on any atom is 0.297 e. The van der Waals surface area contributed by atoms with E-state index in [2.05, 4.69) is 0 Å². The lowest BCUT2D eigenvalue weighted by molar-refractivity contribution is 0.424. The minimum atomic E-state index is -4.82. The molecule has 1 aromatic rings. The standard InChI is InChI=1S/C7H5F3O3S/c8-3-4-1-2-5(14(11,12)13)7(10)6(4)9/h1-2H,3H2,(H,11,12,13). The van der Waals surface area contributed by atoms with Crippen LogP contribution in [0.25, 0.3) is 0 Å². The van der Waals surface area contributed by atoms with Crippen LogP contribution in [0.15, 0.2) is 17.0 Å². The summed E-state index contributed by atoms with van der Waals surface area (Å²) in [6.07, 6.45) is 0. The van der Waals surface area contributed by atoms with Crippen LogP contribution in [0.3, 0.4) is 0 Å². The summed E-state index contributed by atoms with van der Waals surface area (Å²) in [5.74, 6) is -3.38. The molecule has 0 atom stereocenters. The van der Waals surface area contributed by atoms with E-state index in [-0.39, 0.29) is 0 Å². The number of halogens is 3. The van der Waals surface area contributed by atoms with Crippen LogP contribution >= 0.6 is 0 Å². The molecule has 3 nitrogen and oxygen atoms in total. The Kier molecular flexibility index (Phi) is 2.81. The van der Waals surface area contributed by atoms with E-state index in [1.807, 2.05) is 0 Å². The van der Waals surface area contributed by atoms with Crippen LogP contribution in [0.5, 0.6) is 0 Å². The smallest absolute Gasteiger partial charge is 0.282 e. The molecule has 0 aliphatic rings. The molecule has 0 saturated heterocycles. The maximum atomic E-state index is 12.9. The van der Waals surface area contributed by atoms with Crippen LogP contribution in [-0.4, -0.2) is 13.0 Å². The normalized spacial score (nSPS) is 11.7. The minimum Gasteiger partial charge on any atom is -0.282 e. The van der Waals surface area contributed by atoms with Gasteiger partial charge in [0.1, 0.15) is 11.6 Å². The summed E-state index contributed by atoms with van der Waals surface area (Å²) in [4.78, 5) is -1.20. The Balaban J connectivity index is 3.47. The van der Waals surface area contributed by atoms with E-state index in [0.717, 1.165) is 6.07 Å². The van der Waals surface area contributed by atoms with Crippen molar-refractivity contribution >= 4 is 10.1 Å². The summed E-state index contributed by atoms with van der Waals surface area (Å²) in [5.41, 5.74) is -0.602. The van der Waals surface area contributed by atoms with Crippen LogP contribution in [0.1, 0.15) is 5.56 Å². The summed E-state index contributed by atoms with van der Waals surface area (Å²) >= 11 is 0. The SMILES string of the molecule is O=S(=O)(O)c1ccc(CF)c(F)c1F. The third-order valence-electron chi connectivity index (χ3n) is 1.55. The molecule has 0 spiro atoms. The van der Waals surface area contributed by atoms with E-state index in [9.17, 15) is 21.6 Å². The lowest BCUT2D eigenvalue weighted by Crippen LogP contribution is -2.05. The third kappa shape index (κ3) is 1.88. The first-order valence-corrected chi connectivity index (χ1v) is 4.82. The minimum absolute atomic E-state index is 0.600. The first-order valence-electron chi connectivity index (χ1n) is 3.38. The molecule has 1 aromatic carbocycles. The van der Waals surface area contributed by atoms with Crippen LogP contribution in [-0.2, 0) is 16.8 Å². The summed E-state index contributed by atoms with van der Waals surface area (Å²) in [7, 11) is -4.82. The number of benzene rings is 1. The Hall–Kier alpha value is -1.08. The van der Waals surface area contributed by atoms with Crippen LogP contribution in [0.4, 0.5) is 13.2 Å². The summed E-state index contributed by atoms with van der Waals surface area (Å²) in [5, 5.41) is 0. The fourth-order valence-electron chi connectivity index (χ4n) is 0.874. The first-order chi connectivity index (χ1) is 6.38. The van der Waals surface area contributed by atoms with E-state index < -0.39 is 38.9 Å². The van der Waals surface area contributed by atoms with Crippen LogP contribution < -0.4 is 0 Å². The molecular weight excluding hydrogens is 221 g/mol. The van der Waals surface area contributed by atoms with Gasteiger partial charge in [-0.2, -0.15) is 8.42 Å². The number of hydrogen-bond donors (Lipinski definition) is 1. The van der Waals surface area contributed by atoms with E-state index in [1.165, 1.54) is 0 Å². The summed E-state index contributed by atoms with van der Waals surface area (Å²) < 4.78 is 67.0. The van der Waals surface area contributed by atoms with Gasteiger partial charge < -0.3 is 0 Å². The predicted molar refractivity (Wildman–Crippen MR) is 41.0 cm³/mol. The van der Waals surface area contributed by atoms with E-state index in [1.54, 1.807) is 0 Å². The van der Waals surface area contributed by atoms with Crippen molar-refractivity contribution in [2.75, 3.05) is 0 Å². The molecular formula is C7H5F3O3S. The van der Waals surface area contributed by atoms with E-state index in [4.69, 9.17) is 4.55 Å². The average Bonchev–Trinajstić information content (AvgIpc) is 2.07. The molecule has 0 aliphatic carbocycles. The molecule has 78 valence electrons. The molecule has 0 amide bonds. The van der Waals surface area contributed by atoms with Gasteiger partial charge in [0.15, 0.2) is 11.6 Å². The van der Waals surface area contributed by atoms with Crippen molar-refractivity contribution in [3.8, 4) is 0 Å². The van der Waals surface area contributed by atoms with Gasteiger partial charge in [-0.3, -0.25) is 4.55 Å². The van der Waals surface area contributed by atoms with Gasteiger partial charge in [0.2, 0.25) is 0 Å². The van der Waals surface area contributed by atoms with E-state index >= 15 is 0 Å². The van der Waals surface area contributed by atoms with Gasteiger partial charge >= 0.3 is 0 Å². The van der Waals surface area contributed by atoms with Crippen LogP contribution in [0, 0.1) is 11.6 Å². The highest BCUT2D eigenvalue weighted by molar-refractivity contribution is 7.85. The number of hydrogen-bond acceptors (Lipinski definition) is 2. The number of alkyl halides is 1. The van der Waals surface area contributed by atoms with Crippen LogP contribution in [0.2, 0.25) is 0 Å². The molecule has 0 radical (unpaired) electrons. The molecule has 0 unspecified atom stereocenters. The lowest BCUT2D eigenvalue weighted by Gasteiger charge is -2.03. The second-order valence-electron chi connectivity index (χ2n) is 2.46.